The number of hydrogen-bond donors (Lipinski definition) is 0. The summed E-state index contributed by atoms with van der Waals surface area (Å²) in [6.07, 6.45) is 2.94. The largest absolute Gasteiger partial charge is 0.343 e. The minimum absolute atomic E-state index is 0.0108. The van der Waals surface area contributed by atoms with E-state index < -0.39 is 0 Å². The third-order valence-electron chi connectivity index (χ3n) is 3.95. The van der Waals surface area contributed by atoms with Gasteiger partial charge >= 0.3 is 0 Å². The smallest absolute Gasteiger partial charge is 0.227 e. The van der Waals surface area contributed by atoms with Crippen molar-refractivity contribution in [2.24, 2.45) is 11.8 Å². The summed E-state index contributed by atoms with van der Waals surface area (Å²) < 4.78 is 0. The highest BCUT2D eigenvalue weighted by atomic mass is 16.2. The van der Waals surface area contributed by atoms with E-state index in [0.29, 0.717) is 6.54 Å². The van der Waals surface area contributed by atoms with Crippen molar-refractivity contribution in [2.45, 2.75) is 53.0 Å². The predicted octanol–water partition coefficient (Wildman–Crippen LogP) is 2.14. The molecule has 1 rings (SSSR count). The molecule has 0 aromatic carbocycles. The first-order valence-electron chi connectivity index (χ1n) is 7.40. The van der Waals surface area contributed by atoms with Gasteiger partial charge in [0, 0.05) is 32.1 Å². The average Bonchev–Trinajstić information content (AvgIpc) is 2.61. The Balaban J connectivity index is 2.73. The molecule has 0 N–H and O–H groups in total. The fraction of sp³-hybridized carbons (Fsp3) is 0.867. The number of nitrogens with zero attached hydrogens (tertiary/aromatic N) is 2. The molecule has 1 heterocycles. The van der Waals surface area contributed by atoms with Crippen LogP contribution in [0.2, 0.25) is 0 Å². The summed E-state index contributed by atoms with van der Waals surface area (Å²) in [5.41, 5.74) is 0. The molecule has 0 aromatic heterocycles. The van der Waals surface area contributed by atoms with Gasteiger partial charge in [-0.1, -0.05) is 20.3 Å². The molecule has 0 bridgehead atoms. The Morgan fingerprint density at radius 1 is 1.16 bits per heavy atom. The SMILES string of the molecule is CC(C)C(=O)N1CCCCC(C(=O)N(C)C(C)C)C1. The third kappa shape index (κ3) is 4.22. The van der Waals surface area contributed by atoms with Crippen LogP contribution in [0.4, 0.5) is 0 Å². The van der Waals surface area contributed by atoms with Crippen LogP contribution in [0.5, 0.6) is 0 Å². The molecule has 4 nitrogen and oxygen atoms in total. The Kier molecular flexibility index (Phi) is 5.83. The summed E-state index contributed by atoms with van der Waals surface area (Å²) in [6.45, 7) is 9.27. The van der Waals surface area contributed by atoms with Crippen LogP contribution in [0, 0.1) is 11.8 Å². The van der Waals surface area contributed by atoms with Crippen molar-refractivity contribution < 1.29 is 9.59 Å². The summed E-state index contributed by atoms with van der Waals surface area (Å²) in [5.74, 6) is 0.333. The van der Waals surface area contributed by atoms with Crippen molar-refractivity contribution in [2.75, 3.05) is 20.1 Å². The molecule has 0 aromatic rings. The Hall–Kier alpha value is -1.06. The van der Waals surface area contributed by atoms with E-state index in [4.69, 9.17) is 0 Å². The highest BCUT2D eigenvalue weighted by molar-refractivity contribution is 5.81. The first-order chi connectivity index (χ1) is 8.84. The average molecular weight is 268 g/mol. The fourth-order valence-electron chi connectivity index (χ4n) is 2.45. The zero-order valence-corrected chi connectivity index (χ0v) is 13.0. The van der Waals surface area contributed by atoms with E-state index in [1.165, 1.54) is 0 Å². The van der Waals surface area contributed by atoms with Gasteiger partial charge in [-0.15, -0.1) is 0 Å². The lowest BCUT2D eigenvalue weighted by molar-refractivity contribution is -0.139. The Morgan fingerprint density at radius 3 is 2.32 bits per heavy atom. The molecule has 2 amide bonds. The van der Waals surface area contributed by atoms with Crippen LogP contribution in [-0.2, 0) is 9.59 Å². The van der Waals surface area contributed by atoms with Gasteiger partial charge in [0.1, 0.15) is 0 Å². The van der Waals surface area contributed by atoms with E-state index >= 15 is 0 Å². The van der Waals surface area contributed by atoms with Gasteiger partial charge in [0.05, 0.1) is 5.92 Å². The second-order valence-electron chi connectivity index (χ2n) is 6.17. The molecule has 0 saturated carbocycles. The minimum Gasteiger partial charge on any atom is -0.343 e. The molecule has 110 valence electrons. The van der Waals surface area contributed by atoms with Crippen LogP contribution in [-0.4, -0.2) is 47.8 Å². The van der Waals surface area contributed by atoms with Gasteiger partial charge in [-0.2, -0.15) is 0 Å². The van der Waals surface area contributed by atoms with Gasteiger partial charge in [0.15, 0.2) is 0 Å². The Labute approximate surface area is 117 Å². The summed E-state index contributed by atoms with van der Waals surface area (Å²) >= 11 is 0. The van der Waals surface area contributed by atoms with Crippen LogP contribution >= 0.6 is 0 Å². The summed E-state index contributed by atoms with van der Waals surface area (Å²) in [6, 6.07) is 0.213. The third-order valence-corrected chi connectivity index (χ3v) is 3.95. The molecule has 0 spiro atoms. The first-order valence-corrected chi connectivity index (χ1v) is 7.40. The quantitative estimate of drug-likeness (QED) is 0.787. The lowest BCUT2D eigenvalue weighted by Crippen LogP contribution is -2.44. The standard InChI is InChI=1S/C15H28N2O2/c1-11(2)14(18)17-9-7-6-8-13(10-17)15(19)16(5)12(3)4/h11-13H,6-10H2,1-5H3. The molecule has 1 aliphatic heterocycles. The molecule has 1 saturated heterocycles. The zero-order valence-electron chi connectivity index (χ0n) is 13.0. The van der Waals surface area contributed by atoms with E-state index in [1.54, 1.807) is 4.90 Å². The van der Waals surface area contributed by atoms with Gasteiger partial charge < -0.3 is 9.80 Å². The van der Waals surface area contributed by atoms with E-state index in [0.717, 1.165) is 25.8 Å². The number of likely N-dealkylation sites (tertiary alicyclic amines) is 1. The van der Waals surface area contributed by atoms with Crippen LogP contribution in [0.15, 0.2) is 0 Å². The minimum atomic E-state index is -0.0300. The van der Waals surface area contributed by atoms with E-state index in [-0.39, 0.29) is 29.7 Å². The summed E-state index contributed by atoms with van der Waals surface area (Å²) in [5, 5.41) is 0. The van der Waals surface area contributed by atoms with Crippen molar-refractivity contribution in [1.29, 1.82) is 0 Å². The van der Waals surface area contributed by atoms with Crippen LogP contribution in [0.1, 0.15) is 47.0 Å². The van der Waals surface area contributed by atoms with E-state index in [9.17, 15) is 9.59 Å². The van der Waals surface area contributed by atoms with Crippen molar-refractivity contribution in [1.82, 2.24) is 9.80 Å². The maximum absolute atomic E-state index is 12.4. The second-order valence-corrected chi connectivity index (χ2v) is 6.17. The maximum atomic E-state index is 12.4. The highest BCUT2D eigenvalue weighted by Gasteiger charge is 2.29. The fourth-order valence-corrected chi connectivity index (χ4v) is 2.45. The Morgan fingerprint density at radius 2 is 1.79 bits per heavy atom. The van der Waals surface area contributed by atoms with Crippen molar-refractivity contribution >= 4 is 11.8 Å². The van der Waals surface area contributed by atoms with E-state index in [1.807, 2.05) is 39.6 Å². The normalized spacial score (nSPS) is 20.6. The van der Waals surface area contributed by atoms with E-state index in [2.05, 4.69) is 0 Å². The maximum Gasteiger partial charge on any atom is 0.227 e. The van der Waals surface area contributed by atoms with Gasteiger partial charge in [-0.3, -0.25) is 9.59 Å². The van der Waals surface area contributed by atoms with Crippen LogP contribution in [0.25, 0.3) is 0 Å². The second kappa shape index (κ2) is 6.92. The van der Waals surface area contributed by atoms with Gasteiger partial charge in [0.2, 0.25) is 11.8 Å². The summed E-state index contributed by atoms with van der Waals surface area (Å²) in [7, 11) is 1.85. The number of amides is 2. The van der Waals surface area contributed by atoms with Gasteiger partial charge in [-0.25, -0.2) is 0 Å². The monoisotopic (exact) mass is 268 g/mol. The highest BCUT2D eigenvalue weighted by Crippen LogP contribution is 2.20. The molecular formula is C15H28N2O2. The molecule has 0 aliphatic carbocycles. The lowest BCUT2D eigenvalue weighted by Gasteiger charge is -2.30. The molecule has 0 radical (unpaired) electrons. The molecule has 1 unspecified atom stereocenters. The Bertz CT molecular complexity index is 326. The summed E-state index contributed by atoms with van der Waals surface area (Å²) in [4.78, 5) is 28.2. The molecule has 19 heavy (non-hydrogen) atoms. The topological polar surface area (TPSA) is 40.6 Å². The molecule has 1 atom stereocenters. The van der Waals surface area contributed by atoms with Gasteiger partial charge in [0.25, 0.3) is 0 Å². The number of rotatable bonds is 3. The van der Waals surface area contributed by atoms with Gasteiger partial charge in [-0.05, 0) is 26.7 Å². The number of carbonyl (C=O) groups is 2. The molecule has 1 aliphatic rings. The first kappa shape index (κ1) is 16.0. The molecule has 4 heteroatoms. The van der Waals surface area contributed by atoms with Crippen LogP contribution < -0.4 is 0 Å². The van der Waals surface area contributed by atoms with Crippen molar-refractivity contribution in [3.05, 3.63) is 0 Å². The molecular weight excluding hydrogens is 240 g/mol. The number of hydrogen-bond acceptors (Lipinski definition) is 2. The molecule has 1 fully saturated rings. The number of carbonyl (C=O) groups excluding carboxylic acids is 2. The zero-order chi connectivity index (χ0) is 14.6. The predicted molar refractivity (Wildman–Crippen MR) is 76.7 cm³/mol. The van der Waals surface area contributed by atoms with Crippen molar-refractivity contribution in [3.63, 3.8) is 0 Å². The van der Waals surface area contributed by atoms with Crippen LogP contribution in [0.3, 0.4) is 0 Å². The lowest BCUT2D eigenvalue weighted by atomic mass is 10.0. The van der Waals surface area contributed by atoms with Crippen molar-refractivity contribution in [3.8, 4) is 0 Å².